The summed E-state index contributed by atoms with van der Waals surface area (Å²) in [6.45, 7) is 1.96. The van der Waals surface area contributed by atoms with E-state index < -0.39 is 16.4 Å². The maximum atomic E-state index is 13.1. The molecule has 29 heavy (non-hydrogen) atoms. The molecule has 2 aliphatic rings. The summed E-state index contributed by atoms with van der Waals surface area (Å²) < 4.78 is 52.7. The molecule has 3 rings (SSSR count). The zero-order valence-corrected chi connectivity index (χ0v) is 17.8. The van der Waals surface area contributed by atoms with Gasteiger partial charge in [0, 0.05) is 44.8 Å². The first-order valence-electron chi connectivity index (χ1n) is 9.88. The Morgan fingerprint density at radius 3 is 2.21 bits per heavy atom. The van der Waals surface area contributed by atoms with Crippen molar-refractivity contribution >= 4 is 27.5 Å². The van der Waals surface area contributed by atoms with E-state index in [9.17, 15) is 22.0 Å². The van der Waals surface area contributed by atoms with Gasteiger partial charge in [-0.25, -0.2) is 17.2 Å². The molecule has 0 radical (unpaired) electrons. The quantitative estimate of drug-likeness (QED) is 0.693. The number of benzene rings is 1. The molecule has 0 bridgehead atoms. The second-order valence-corrected chi connectivity index (χ2v) is 9.76. The first-order chi connectivity index (χ1) is 13.8. The minimum Gasteiger partial charge on any atom is -0.336 e. The van der Waals surface area contributed by atoms with E-state index in [1.807, 2.05) is 0 Å². The molecule has 10 heteroatoms. The van der Waals surface area contributed by atoms with Crippen molar-refractivity contribution in [3.8, 4) is 0 Å². The van der Waals surface area contributed by atoms with Gasteiger partial charge in [-0.05, 0) is 31.0 Å². The summed E-state index contributed by atoms with van der Waals surface area (Å²) >= 11 is 6.19. The average molecular weight is 450 g/mol. The Balaban J connectivity index is 1.76. The Hall–Kier alpha value is -1.29. The molecule has 0 aromatic heterocycles. The number of nitrogens with zero attached hydrogens (tertiary/aromatic N) is 3. The lowest BCUT2D eigenvalue weighted by Gasteiger charge is -2.34. The molecule has 1 amide bonds. The minimum atomic E-state index is -3.79. The number of amides is 1. The van der Waals surface area contributed by atoms with Crippen molar-refractivity contribution in [3.63, 3.8) is 0 Å². The molecule has 2 fully saturated rings. The molecule has 0 spiro atoms. The number of sulfonamides is 1. The molecular formula is C19H26ClF2N3O3S. The van der Waals surface area contributed by atoms with Crippen molar-refractivity contribution < 1.29 is 22.0 Å². The summed E-state index contributed by atoms with van der Waals surface area (Å²) in [5.74, 6) is -0.314. The first kappa shape index (κ1) is 22.4. The largest absolute Gasteiger partial charge is 0.336 e. The molecule has 2 aliphatic heterocycles. The van der Waals surface area contributed by atoms with E-state index in [1.54, 1.807) is 9.80 Å². The van der Waals surface area contributed by atoms with Crippen LogP contribution in [-0.2, 0) is 10.0 Å². The van der Waals surface area contributed by atoms with Gasteiger partial charge in [0.25, 0.3) is 12.3 Å². The highest BCUT2D eigenvalue weighted by Crippen LogP contribution is 2.28. The molecular weight excluding hydrogens is 424 g/mol. The number of hydrogen-bond acceptors (Lipinski definition) is 4. The van der Waals surface area contributed by atoms with Gasteiger partial charge < -0.3 is 4.90 Å². The second-order valence-electron chi connectivity index (χ2n) is 7.45. The summed E-state index contributed by atoms with van der Waals surface area (Å²) in [4.78, 5) is 16.0. The van der Waals surface area contributed by atoms with Crippen molar-refractivity contribution in [1.82, 2.24) is 14.1 Å². The van der Waals surface area contributed by atoms with Crippen LogP contribution in [0.3, 0.4) is 0 Å². The van der Waals surface area contributed by atoms with E-state index in [0.717, 1.165) is 25.7 Å². The predicted octanol–water partition coefficient (Wildman–Crippen LogP) is 2.93. The van der Waals surface area contributed by atoms with Crippen LogP contribution < -0.4 is 0 Å². The zero-order valence-electron chi connectivity index (χ0n) is 16.2. The molecule has 0 N–H and O–H groups in total. The van der Waals surface area contributed by atoms with Crippen molar-refractivity contribution in [2.45, 2.75) is 37.0 Å². The Morgan fingerprint density at radius 2 is 1.62 bits per heavy atom. The van der Waals surface area contributed by atoms with Gasteiger partial charge in [-0.3, -0.25) is 9.69 Å². The number of halogens is 3. The number of alkyl halides is 2. The lowest BCUT2D eigenvalue weighted by atomic mass is 10.2. The standard InChI is InChI=1S/C19H26ClF2N3O3S/c20-16-6-5-15(19(26)24-11-9-23(10-12-24)14-18(21)22)13-17(16)29(27,28)25-7-3-1-2-4-8-25/h5-6,13,18H,1-4,7-12,14H2. The summed E-state index contributed by atoms with van der Waals surface area (Å²) in [5, 5.41) is 0.0903. The van der Waals surface area contributed by atoms with Crippen LogP contribution in [-0.4, -0.2) is 80.7 Å². The van der Waals surface area contributed by atoms with Crippen molar-refractivity contribution in [2.75, 3.05) is 45.8 Å². The Labute approximate surface area is 175 Å². The fourth-order valence-corrected chi connectivity index (χ4v) is 5.78. The van der Waals surface area contributed by atoms with Gasteiger partial charge in [-0.2, -0.15) is 4.31 Å². The molecule has 0 atom stereocenters. The maximum absolute atomic E-state index is 13.1. The third kappa shape index (κ3) is 5.45. The first-order valence-corrected chi connectivity index (χ1v) is 11.7. The van der Waals surface area contributed by atoms with Gasteiger partial charge in [0.05, 0.1) is 11.6 Å². The molecule has 2 saturated heterocycles. The molecule has 6 nitrogen and oxygen atoms in total. The topological polar surface area (TPSA) is 60.9 Å². The molecule has 1 aromatic carbocycles. The van der Waals surface area contributed by atoms with Crippen LogP contribution in [0.25, 0.3) is 0 Å². The summed E-state index contributed by atoms with van der Waals surface area (Å²) in [6.07, 6.45) is 1.20. The summed E-state index contributed by atoms with van der Waals surface area (Å²) in [7, 11) is -3.79. The number of piperazine rings is 1. The normalized spacial score (nSPS) is 20.1. The molecule has 0 unspecified atom stereocenters. The van der Waals surface area contributed by atoms with E-state index in [1.165, 1.54) is 22.5 Å². The van der Waals surface area contributed by atoms with E-state index in [4.69, 9.17) is 11.6 Å². The SMILES string of the molecule is O=C(c1ccc(Cl)c(S(=O)(=O)N2CCCCCC2)c1)N1CCN(CC(F)F)CC1. The van der Waals surface area contributed by atoms with E-state index in [0.29, 0.717) is 39.3 Å². The monoisotopic (exact) mass is 449 g/mol. The van der Waals surface area contributed by atoms with Crippen molar-refractivity contribution in [3.05, 3.63) is 28.8 Å². The van der Waals surface area contributed by atoms with Gasteiger partial charge in [0.2, 0.25) is 10.0 Å². The number of rotatable bonds is 5. The fraction of sp³-hybridized carbons (Fsp3) is 0.632. The highest BCUT2D eigenvalue weighted by Gasteiger charge is 2.29. The van der Waals surface area contributed by atoms with Crippen LogP contribution in [0.5, 0.6) is 0 Å². The lowest BCUT2D eigenvalue weighted by molar-refractivity contribution is 0.0459. The predicted molar refractivity (Wildman–Crippen MR) is 107 cm³/mol. The molecule has 0 aliphatic carbocycles. The van der Waals surface area contributed by atoms with Gasteiger partial charge in [-0.15, -0.1) is 0 Å². The molecule has 1 aromatic rings. The summed E-state index contributed by atoms with van der Waals surface area (Å²) in [6, 6.07) is 4.29. The van der Waals surface area contributed by atoms with E-state index in [-0.39, 0.29) is 27.9 Å². The Bertz CT molecular complexity index is 822. The van der Waals surface area contributed by atoms with E-state index in [2.05, 4.69) is 0 Å². The van der Waals surface area contributed by atoms with Crippen LogP contribution in [0.15, 0.2) is 23.1 Å². The Morgan fingerprint density at radius 1 is 1.00 bits per heavy atom. The third-order valence-electron chi connectivity index (χ3n) is 5.42. The van der Waals surface area contributed by atoms with Gasteiger partial charge in [-0.1, -0.05) is 24.4 Å². The zero-order chi connectivity index (χ0) is 21.0. The van der Waals surface area contributed by atoms with Crippen molar-refractivity contribution in [1.29, 1.82) is 0 Å². The molecule has 2 heterocycles. The van der Waals surface area contributed by atoms with Crippen LogP contribution in [0, 0.1) is 0 Å². The molecule has 162 valence electrons. The lowest BCUT2D eigenvalue weighted by Crippen LogP contribution is -2.49. The van der Waals surface area contributed by atoms with Crippen molar-refractivity contribution in [2.24, 2.45) is 0 Å². The maximum Gasteiger partial charge on any atom is 0.253 e. The fourth-order valence-electron chi connectivity index (χ4n) is 3.77. The Kier molecular flexibility index (Phi) is 7.47. The number of carbonyl (C=O) groups excluding carboxylic acids is 1. The highest BCUT2D eigenvalue weighted by molar-refractivity contribution is 7.89. The molecule has 0 saturated carbocycles. The van der Waals surface area contributed by atoms with E-state index >= 15 is 0 Å². The van der Waals surface area contributed by atoms with Crippen LogP contribution >= 0.6 is 11.6 Å². The third-order valence-corrected chi connectivity index (χ3v) is 7.80. The van der Waals surface area contributed by atoms with Gasteiger partial charge >= 0.3 is 0 Å². The number of hydrogen-bond donors (Lipinski definition) is 0. The summed E-state index contributed by atoms with van der Waals surface area (Å²) in [5.41, 5.74) is 0.241. The minimum absolute atomic E-state index is 0.0525. The van der Waals surface area contributed by atoms with Crippen LogP contribution in [0.1, 0.15) is 36.0 Å². The average Bonchev–Trinajstić information content (AvgIpc) is 2.98. The van der Waals surface area contributed by atoms with Crippen LogP contribution in [0.2, 0.25) is 5.02 Å². The van der Waals surface area contributed by atoms with Crippen LogP contribution in [0.4, 0.5) is 8.78 Å². The van der Waals surface area contributed by atoms with Gasteiger partial charge in [0.15, 0.2) is 0 Å². The number of carbonyl (C=O) groups is 1. The van der Waals surface area contributed by atoms with Gasteiger partial charge in [0.1, 0.15) is 4.90 Å². The smallest absolute Gasteiger partial charge is 0.253 e. The highest BCUT2D eigenvalue weighted by atomic mass is 35.5. The second kappa shape index (κ2) is 9.68.